The lowest BCUT2D eigenvalue weighted by Crippen LogP contribution is -2.45. The van der Waals surface area contributed by atoms with Crippen molar-refractivity contribution in [1.29, 1.82) is 0 Å². The normalized spacial score (nSPS) is 20.4. The van der Waals surface area contributed by atoms with Gasteiger partial charge in [-0.15, -0.1) is 0 Å². The SMILES string of the molecule is COc1cc([C@@H]2OC(=O)[C@H]([C@H](O[Si](C)(C)C(C)(C)C)c3ccc4c(c3)OCO4)[C@@H]2C(=O)O)ccc1OCc1ccccc1. The second-order valence-corrected chi connectivity index (χ2v) is 17.1. The summed E-state index contributed by atoms with van der Waals surface area (Å²) in [7, 11) is -0.999. The maximum atomic E-state index is 13.7. The molecule has 0 aliphatic carbocycles. The number of hydrogen-bond acceptors (Lipinski definition) is 8. The molecule has 0 amide bonds. The molecule has 2 aliphatic rings. The summed E-state index contributed by atoms with van der Waals surface area (Å²) < 4.78 is 35.4. The number of ether oxygens (including phenoxy) is 5. The van der Waals surface area contributed by atoms with Gasteiger partial charge in [0.25, 0.3) is 0 Å². The van der Waals surface area contributed by atoms with E-state index in [0.29, 0.717) is 40.7 Å². The quantitative estimate of drug-likeness (QED) is 0.200. The van der Waals surface area contributed by atoms with Crippen molar-refractivity contribution in [3.05, 3.63) is 83.4 Å². The molecule has 5 rings (SSSR count). The molecule has 2 aliphatic heterocycles. The Morgan fingerprint density at radius 3 is 2.40 bits per heavy atom. The molecule has 4 atom stereocenters. The zero-order valence-electron chi connectivity index (χ0n) is 25.3. The van der Waals surface area contributed by atoms with Crippen LogP contribution in [-0.2, 0) is 25.4 Å². The Labute approximate surface area is 252 Å². The van der Waals surface area contributed by atoms with E-state index in [-0.39, 0.29) is 11.8 Å². The van der Waals surface area contributed by atoms with Crippen molar-refractivity contribution in [2.45, 2.75) is 57.7 Å². The van der Waals surface area contributed by atoms with Crippen LogP contribution >= 0.6 is 0 Å². The minimum Gasteiger partial charge on any atom is -0.493 e. The number of benzene rings is 3. The van der Waals surface area contributed by atoms with Crippen LogP contribution in [-0.4, -0.2) is 39.3 Å². The van der Waals surface area contributed by atoms with E-state index in [1.54, 1.807) is 36.4 Å². The zero-order valence-corrected chi connectivity index (χ0v) is 26.3. The highest BCUT2D eigenvalue weighted by atomic mass is 28.4. The molecule has 9 nitrogen and oxygen atoms in total. The van der Waals surface area contributed by atoms with E-state index in [0.717, 1.165) is 5.56 Å². The van der Waals surface area contributed by atoms with Crippen LogP contribution in [0.4, 0.5) is 0 Å². The number of hydrogen-bond donors (Lipinski definition) is 1. The first-order valence-electron chi connectivity index (χ1n) is 14.2. The zero-order chi connectivity index (χ0) is 30.9. The van der Waals surface area contributed by atoms with Crippen LogP contribution in [0.3, 0.4) is 0 Å². The van der Waals surface area contributed by atoms with Gasteiger partial charge in [0.2, 0.25) is 6.79 Å². The molecule has 3 aromatic carbocycles. The first-order valence-corrected chi connectivity index (χ1v) is 17.2. The smallest absolute Gasteiger partial charge is 0.313 e. The van der Waals surface area contributed by atoms with Crippen LogP contribution < -0.4 is 18.9 Å². The number of fused-ring (bicyclic) bond motifs is 1. The van der Waals surface area contributed by atoms with Gasteiger partial charge in [-0.3, -0.25) is 9.59 Å². The van der Waals surface area contributed by atoms with Crippen LogP contribution in [0.25, 0.3) is 0 Å². The van der Waals surface area contributed by atoms with Gasteiger partial charge in [0.15, 0.2) is 31.3 Å². The third kappa shape index (κ3) is 6.21. The molecule has 2 heterocycles. The highest BCUT2D eigenvalue weighted by Crippen LogP contribution is 2.51. The van der Waals surface area contributed by atoms with Crippen molar-refractivity contribution in [3.8, 4) is 23.0 Å². The van der Waals surface area contributed by atoms with Crippen molar-refractivity contribution in [3.63, 3.8) is 0 Å². The Kier molecular flexibility index (Phi) is 8.44. The average molecular weight is 607 g/mol. The third-order valence-corrected chi connectivity index (χ3v) is 13.0. The second kappa shape index (κ2) is 11.9. The fourth-order valence-corrected chi connectivity index (χ4v) is 6.40. The van der Waals surface area contributed by atoms with Crippen LogP contribution in [0, 0.1) is 11.8 Å². The number of rotatable bonds is 10. The van der Waals surface area contributed by atoms with E-state index in [1.165, 1.54) is 7.11 Å². The Hall–Kier alpha value is -4.02. The van der Waals surface area contributed by atoms with Gasteiger partial charge in [-0.1, -0.05) is 63.2 Å². The molecule has 0 saturated carbocycles. The highest BCUT2D eigenvalue weighted by molar-refractivity contribution is 6.74. The molecule has 0 radical (unpaired) electrons. The summed E-state index contributed by atoms with van der Waals surface area (Å²) in [5.41, 5.74) is 2.11. The van der Waals surface area contributed by atoms with Crippen LogP contribution in [0.15, 0.2) is 66.7 Å². The standard InChI is InChI=1S/C33H38O9Si/c1-33(2,3)43(5,6)42-30(22-13-15-24-26(17-22)40-19-39-24)28-27(31(34)35)29(41-32(28)36)21-12-14-23(25(16-21)37-4)38-18-20-10-8-7-9-11-20/h7-17,27-30H,18-19H2,1-6H3,(H,34,35)/t27-,28-,29-,30+/m0/s1. The largest absolute Gasteiger partial charge is 0.493 e. The van der Waals surface area contributed by atoms with Crippen molar-refractivity contribution >= 4 is 20.3 Å². The van der Waals surface area contributed by atoms with E-state index in [9.17, 15) is 14.7 Å². The molecular weight excluding hydrogens is 568 g/mol. The summed E-state index contributed by atoms with van der Waals surface area (Å²) in [6, 6.07) is 20.1. The number of carboxylic acids is 1. The Balaban J connectivity index is 1.49. The van der Waals surface area contributed by atoms with Gasteiger partial charge in [-0.2, -0.15) is 0 Å². The molecule has 0 unspecified atom stereocenters. The van der Waals surface area contributed by atoms with Gasteiger partial charge in [-0.25, -0.2) is 0 Å². The maximum absolute atomic E-state index is 13.7. The average Bonchev–Trinajstić information content (AvgIpc) is 3.58. The molecule has 228 valence electrons. The van der Waals surface area contributed by atoms with E-state index < -0.39 is 44.3 Å². The van der Waals surface area contributed by atoms with E-state index >= 15 is 0 Å². The molecule has 0 spiro atoms. The topological polar surface area (TPSA) is 110 Å². The van der Waals surface area contributed by atoms with Gasteiger partial charge in [0, 0.05) is 0 Å². The Morgan fingerprint density at radius 2 is 1.72 bits per heavy atom. The van der Waals surface area contributed by atoms with E-state index in [2.05, 4.69) is 33.9 Å². The molecule has 0 aromatic heterocycles. The van der Waals surface area contributed by atoms with Crippen molar-refractivity contribution in [2.24, 2.45) is 11.8 Å². The third-order valence-electron chi connectivity index (χ3n) is 8.55. The van der Waals surface area contributed by atoms with Gasteiger partial charge in [0.05, 0.1) is 13.2 Å². The first-order chi connectivity index (χ1) is 20.4. The second-order valence-electron chi connectivity index (χ2n) is 12.3. The highest BCUT2D eigenvalue weighted by Gasteiger charge is 2.55. The van der Waals surface area contributed by atoms with Crippen LogP contribution in [0.2, 0.25) is 18.1 Å². The lowest BCUT2D eigenvalue weighted by Gasteiger charge is -2.41. The Bertz CT molecular complexity index is 1480. The molecule has 1 saturated heterocycles. The summed E-state index contributed by atoms with van der Waals surface area (Å²) >= 11 is 0. The van der Waals surface area contributed by atoms with Gasteiger partial charge in [0.1, 0.15) is 24.5 Å². The number of esters is 1. The van der Waals surface area contributed by atoms with Crippen molar-refractivity contribution in [2.75, 3.05) is 13.9 Å². The number of aliphatic carboxylic acids is 1. The minimum atomic E-state index is -2.51. The van der Waals surface area contributed by atoms with Crippen molar-refractivity contribution < 1.29 is 42.8 Å². The predicted molar refractivity (Wildman–Crippen MR) is 161 cm³/mol. The predicted octanol–water partition coefficient (Wildman–Crippen LogP) is 6.68. The maximum Gasteiger partial charge on any atom is 0.313 e. The number of cyclic esters (lactones) is 1. The molecule has 43 heavy (non-hydrogen) atoms. The van der Waals surface area contributed by atoms with Crippen molar-refractivity contribution in [1.82, 2.24) is 0 Å². The number of carbonyl (C=O) groups is 2. The summed E-state index contributed by atoms with van der Waals surface area (Å²) in [6.45, 7) is 10.8. The van der Waals surface area contributed by atoms with E-state index in [1.807, 2.05) is 30.3 Å². The van der Waals surface area contributed by atoms with Gasteiger partial charge >= 0.3 is 11.9 Å². The molecule has 10 heteroatoms. The lowest BCUT2D eigenvalue weighted by atomic mass is 9.81. The summed E-state index contributed by atoms with van der Waals surface area (Å²) in [5.74, 6) is -2.14. The molecular formula is C33H38O9Si. The fraction of sp³-hybridized carbons (Fsp3) is 0.394. The number of carbonyl (C=O) groups excluding carboxylic acids is 1. The molecule has 1 N–H and O–H groups in total. The minimum absolute atomic E-state index is 0.0880. The summed E-state index contributed by atoms with van der Waals surface area (Å²) in [6.07, 6.45) is -1.95. The van der Waals surface area contributed by atoms with Crippen LogP contribution in [0.1, 0.15) is 49.7 Å². The van der Waals surface area contributed by atoms with Gasteiger partial charge in [-0.05, 0) is 59.1 Å². The van der Waals surface area contributed by atoms with Gasteiger partial charge < -0.3 is 33.2 Å². The summed E-state index contributed by atoms with van der Waals surface area (Å²) in [5, 5.41) is 10.4. The first kappa shape index (κ1) is 30.4. The number of carboxylic acid groups (broad SMARTS) is 1. The number of methoxy groups -OCH3 is 1. The monoisotopic (exact) mass is 606 g/mol. The Morgan fingerprint density at radius 1 is 1.00 bits per heavy atom. The summed E-state index contributed by atoms with van der Waals surface area (Å²) in [4.78, 5) is 26.6. The van der Waals surface area contributed by atoms with Crippen LogP contribution in [0.5, 0.6) is 23.0 Å². The lowest BCUT2D eigenvalue weighted by molar-refractivity contribution is -0.148. The van der Waals surface area contributed by atoms with E-state index in [4.69, 9.17) is 28.1 Å². The molecule has 3 aromatic rings. The molecule has 1 fully saturated rings. The fourth-order valence-electron chi connectivity index (χ4n) is 5.13. The molecule has 0 bridgehead atoms.